The Morgan fingerprint density at radius 2 is 2.20 bits per heavy atom. The first-order valence-electron chi connectivity index (χ1n) is 1.47. The number of halogens is 2. The lowest BCUT2D eigenvalue weighted by molar-refractivity contribution is 1.13. The van der Waals surface area contributed by atoms with Crippen LogP contribution in [-0.2, 0) is 0 Å². The first-order valence-corrected chi connectivity index (χ1v) is 3.03. The Labute approximate surface area is 45.6 Å². The van der Waals surface area contributed by atoms with E-state index in [2.05, 4.69) is 15.9 Å². The van der Waals surface area contributed by atoms with Gasteiger partial charge in [-0.05, 0) is 6.92 Å². The molecule has 0 saturated carbocycles. The molecular weight excluding hydrogens is 151 g/mol. The van der Waals surface area contributed by atoms with Gasteiger partial charge in [-0.1, -0.05) is 15.9 Å². The zero-order valence-corrected chi connectivity index (χ0v) is 5.38. The van der Waals surface area contributed by atoms with Gasteiger partial charge in [0.15, 0.2) is 0 Å². The summed E-state index contributed by atoms with van der Waals surface area (Å²) >= 11 is 8.60. The topological polar surface area (TPSA) is 0 Å². The molecule has 0 aliphatic rings. The molecule has 32 valence electrons. The molecule has 0 rings (SSSR count). The lowest BCUT2D eigenvalue weighted by atomic mass is 10.6. The SMILES string of the molecule is C[C@@H](Cl)CBr. The summed E-state index contributed by atoms with van der Waals surface area (Å²) in [6.07, 6.45) is 0. The van der Waals surface area contributed by atoms with Crippen LogP contribution in [-0.4, -0.2) is 10.7 Å². The second-order valence-corrected chi connectivity index (χ2v) is 2.33. The predicted octanol–water partition coefficient (Wildman–Crippen LogP) is 2.01. The molecule has 0 aromatic rings. The molecule has 0 amide bonds. The van der Waals surface area contributed by atoms with Crippen molar-refractivity contribution in [1.82, 2.24) is 0 Å². The van der Waals surface area contributed by atoms with Gasteiger partial charge in [0, 0.05) is 10.7 Å². The highest BCUT2D eigenvalue weighted by Crippen LogP contribution is 1.95. The van der Waals surface area contributed by atoms with Crippen LogP contribution in [0.25, 0.3) is 0 Å². The first kappa shape index (κ1) is 5.77. The lowest BCUT2D eigenvalue weighted by Gasteiger charge is -1.85. The van der Waals surface area contributed by atoms with E-state index in [1.807, 2.05) is 6.92 Å². The minimum Gasteiger partial charge on any atom is -0.122 e. The fourth-order valence-corrected chi connectivity index (χ4v) is 0. The van der Waals surface area contributed by atoms with Crippen molar-refractivity contribution in [3.8, 4) is 0 Å². The van der Waals surface area contributed by atoms with Crippen LogP contribution >= 0.6 is 27.5 Å². The van der Waals surface area contributed by atoms with Crippen molar-refractivity contribution >= 4 is 27.5 Å². The third-order valence-electron chi connectivity index (χ3n) is 0.213. The second kappa shape index (κ2) is 2.98. The van der Waals surface area contributed by atoms with Crippen molar-refractivity contribution in [2.75, 3.05) is 5.33 Å². The zero-order valence-electron chi connectivity index (χ0n) is 3.04. The highest BCUT2D eigenvalue weighted by Gasteiger charge is 1.84. The molecule has 1 atom stereocenters. The molecule has 0 fully saturated rings. The van der Waals surface area contributed by atoms with Crippen LogP contribution in [0, 0.1) is 0 Å². The van der Waals surface area contributed by atoms with Crippen molar-refractivity contribution in [2.45, 2.75) is 12.3 Å². The Kier molecular flexibility index (Phi) is 3.44. The van der Waals surface area contributed by atoms with E-state index in [-0.39, 0.29) is 5.38 Å². The summed E-state index contributed by atoms with van der Waals surface area (Å²) in [6, 6.07) is 0. The molecule has 0 aliphatic carbocycles. The van der Waals surface area contributed by atoms with Crippen LogP contribution in [0.5, 0.6) is 0 Å². The summed E-state index contributed by atoms with van der Waals surface area (Å²) in [5, 5.41) is 1.16. The molecule has 0 bridgehead atoms. The van der Waals surface area contributed by atoms with E-state index in [1.54, 1.807) is 0 Å². The van der Waals surface area contributed by atoms with Crippen LogP contribution in [0.2, 0.25) is 0 Å². The van der Waals surface area contributed by atoms with Crippen LogP contribution < -0.4 is 0 Å². The maximum atomic E-state index is 5.42. The summed E-state index contributed by atoms with van der Waals surface area (Å²) in [6.45, 7) is 1.94. The number of hydrogen-bond acceptors (Lipinski definition) is 0. The minimum absolute atomic E-state index is 0.273. The number of hydrogen-bond donors (Lipinski definition) is 0. The first-order chi connectivity index (χ1) is 2.27. The molecule has 5 heavy (non-hydrogen) atoms. The molecule has 0 nitrogen and oxygen atoms in total. The molecule has 0 N–H and O–H groups in total. The second-order valence-electron chi connectivity index (χ2n) is 0.935. The molecular formula is C3H6BrCl. The van der Waals surface area contributed by atoms with Crippen molar-refractivity contribution in [1.29, 1.82) is 0 Å². The molecule has 2 heteroatoms. The van der Waals surface area contributed by atoms with E-state index in [9.17, 15) is 0 Å². The van der Waals surface area contributed by atoms with Gasteiger partial charge in [-0.3, -0.25) is 0 Å². The van der Waals surface area contributed by atoms with E-state index in [0.717, 1.165) is 5.33 Å². The maximum Gasteiger partial charge on any atom is 0.0404 e. The van der Waals surface area contributed by atoms with Crippen molar-refractivity contribution < 1.29 is 0 Å². The Balaban J connectivity index is 2.54. The Morgan fingerprint density at radius 3 is 2.20 bits per heavy atom. The summed E-state index contributed by atoms with van der Waals surface area (Å²) < 4.78 is 0. The van der Waals surface area contributed by atoms with E-state index in [1.165, 1.54) is 0 Å². The molecule has 0 spiro atoms. The van der Waals surface area contributed by atoms with E-state index >= 15 is 0 Å². The normalized spacial score (nSPS) is 15.0. The van der Waals surface area contributed by atoms with E-state index in [0.29, 0.717) is 0 Å². The van der Waals surface area contributed by atoms with Gasteiger partial charge in [-0.15, -0.1) is 11.6 Å². The smallest absolute Gasteiger partial charge is 0.0404 e. The summed E-state index contributed by atoms with van der Waals surface area (Å²) in [7, 11) is 0. The highest BCUT2D eigenvalue weighted by atomic mass is 79.9. The Hall–Kier alpha value is 0.770. The van der Waals surface area contributed by atoms with Crippen molar-refractivity contribution in [2.24, 2.45) is 0 Å². The van der Waals surface area contributed by atoms with Crippen molar-refractivity contribution in [3.05, 3.63) is 0 Å². The monoisotopic (exact) mass is 156 g/mol. The molecule has 0 saturated heterocycles. The summed E-state index contributed by atoms with van der Waals surface area (Å²) in [4.78, 5) is 0. The van der Waals surface area contributed by atoms with E-state index < -0.39 is 0 Å². The zero-order chi connectivity index (χ0) is 4.28. The quantitative estimate of drug-likeness (QED) is 0.511. The third-order valence-corrected chi connectivity index (χ3v) is 1.71. The largest absolute Gasteiger partial charge is 0.122 e. The Bertz CT molecular complexity index is 20.9. The predicted molar refractivity (Wildman–Crippen MR) is 29.1 cm³/mol. The molecule has 0 heterocycles. The fourth-order valence-electron chi connectivity index (χ4n) is 0. The standard InChI is InChI=1S/C3H6BrCl/c1-3(5)2-4/h3H,2H2,1H3/t3-/m1/s1. The van der Waals surface area contributed by atoms with Gasteiger partial charge in [0.25, 0.3) is 0 Å². The van der Waals surface area contributed by atoms with Gasteiger partial charge in [0.05, 0.1) is 0 Å². The van der Waals surface area contributed by atoms with Gasteiger partial charge in [0.2, 0.25) is 0 Å². The number of rotatable bonds is 1. The van der Waals surface area contributed by atoms with Crippen molar-refractivity contribution in [3.63, 3.8) is 0 Å². The fraction of sp³-hybridized carbons (Fsp3) is 1.00. The van der Waals surface area contributed by atoms with E-state index in [4.69, 9.17) is 11.6 Å². The minimum atomic E-state index is 0.273. The Morgan fingerprint density at radius 1 is 2.00 bits per heavy atom. The molecule has 0 unspecified atom stereocenters. The van der Waals surface area contributed by atoms with Crippen LogP contribution in [0.3, 0.4) is 0 Å². The molecule has 0 aromatic heterocycles. The van der Waals surface area contributed by atoms with Crippen LogP contribution in [0.4, 0.5) is 0 Å². The highest BCUT2D eigenvalue weighted by molar-refractivity contribution is 9.09. The van der Waals surface area contributed by atoms with Gasteiger partial charge in [-0.2, -0.15) is 0 Å². The van der Waals surface area contributed by atoms with Crippen LogP contribution in [0.15, 0.2) is 0 Å². The lowest BCUT2D eigenvalue weighted by Crippen LogP contribution is -1.87. The third kappa shape index (κ3) is 4.77. The van der Waals surface area contributed by atoms with Gasteiger partial charge in [-0.25, -0.2) is 0 Å². The maximum absolute atomic E-state index is 5.42. The van der Waals surface area contributed by atoms with Gasteiger partial charge >= 0.3 is 0 Å². The molecule has 0 aliphatic heterocycles. The van der Waals surface area contributed by atoms with Crippen LogP contribution in [0.1, 0.15) is 6.92 Å². The summed E-state index contributed by atoms with van der Waals surface area (Å²) in [5.74, 6) is 0. The molecule has 0 radical (unpaired) electrons. The number of alkyl halides is 2. The van der Waals surface area contributed by atoms with Gasteiger partial charge in [0.1, 0.15) is 0 Å². The molecule has 0 aromatic carbocycles. The van der Waals surface area contributed by atoms with Gasteiger partial charge < -0.3 is 0 Å². The summed E-state index contributed by atoms with van der Waals surface area (Å²) in [5.41, 5.74) is 0. The average molecular weight is 157 g/mol. The average Bonchev–Trinajstić information content (AvgIpc) is 1.38.